The van der Waals surface area contributed by atoms with Crippen LogP contribution >= 0.6 is 0 Å². The van der Waals surface area contributed by atoms with Crippen molar-refractivity contribution in [2.24, 2.45) is 11.8 Å². The van der Waals surface area contributed by atoms with Crippen LogP contribution in [0.1, 0.15) is 33.1 Å². The highest BCUT2D eigenvalue weighted by atomic mass is 16.5. The molecule has 0 radical (unpaired) electrons. The first-order chi connectivity index (χ1) is 5.20. The van der Waals surface area contributed by atoms with Gasteiger partial charge in [-0.25, -0.2) is 0 Å². The molecule has 1 atom stereocenters. The van der Waals surface area contributed by atoms with E-state index in [-0.39, 0.29) is 0 Å². The SMILES string of the molecule is CC(C)C1CCCCN(O)C1. The third-order valence-corrected chi connectivity index (χ3v) is 2.63. The topological polar surface area (TPSA) is 23.5 Å². The third-order valence-electron chi connectivity index (χ3n) is 2.63. The number of hydrogen-bond acceptors (Lipinski definition) is 2. The minimum atomic E-state index is 0.697. The molecule has 0 aromatic rings. The van der Waals surface area contributed by atoms with Crippen molar-refractivity contribution in [1.29, 1.82) is 0 Å². The van der Waals surface area contributed by atoms with E-state index >= 15 is 0 Å². The van der Waals surface area contributed by atoms with Crippen LogP contribution in [0.25, 0.3) is 0 Å². The molecule has 0 saturated carbocycles. The van der Waals surface area contributed by atoms with Gasteiger partial charge in [-0.3, -0.25) is 0 Å². The zero-order chi connectivity index (χ0) is 8.27. The van der Waals surface area contributed by atoms with Crippen LogP contribution in [0.5, 0.6) is 0 Å². The number of rotatable bonds is 1. The molecule has 1 unspecified atom stereocenters. The van der Waals surface area contributed by atoms with Crippen molar-refractivity contribution in [2.75, 3.05) is 13.1 Å². The maximum atomic E-state index is 9.34. The predicted molar refractivity (Wildman–Crippen MR) is 45.5 cm³/mol. The molecule has 1 aliphatic heterocycles. The van der Waals surface area contributed by atoms with Crippen LogP contribution in [0.15, 0.2) is 0 Å². The molecule has 66 valence electrons. The average Bonchev–Trinajstić information content (AvgIpc) is 2.13. The van der Waals surface area contributed by atoms with Crippen molar-refractivity contribution >= 4 is 0 Å². The molecule has 0 amide bonds. The van der Waals surface area contributed by atoms with Crippen molar-refractivity contribution < 1.29 is 5.21 Å². The van der Waals surface area contributed by atoms with Crippen molar-refractivity contribution in [3.05, 3.63) is 0 Å². The molecule has 11 heavy (non-hydrogen) atoms. The smallest absolute Gasteiger partial charge is 0.0268 e. The lowest BCUT2D eigenvalue weighted by molar-refractivity contribution is -0.0992. The molecule has 2 nitrogen and oxygen atoms in total. The first-order valence-corrected chi connectivity index (χ1v) is 4.64. The maximum absolute atomic E-state index is 9.34. The summed E-state index contributed by atoms with van der Waals surface area (Å²) in [6.45, 7) is 6.22. The highest BCUT2D eigenvalue weighted by molar-refractivity contribution is 4.69. The van der Waals surface area contributed by atoms with Crippen LogP contribution in [0.4, 0.5) is 0 Å². The van der Waals surface area contributed by atoms with E-state index in [0.717, 1.165) is 19.5 Å². The predicted octanol–water partition coefficient (Wildman–Crippen LogP) is 2.13. The second kappa shape index (κ2) is 4.07. The van der Waals surface area contributed by atoms with Gasteiger partial charge >= 0.3 is 0 Å². The van der Waals surface area contributed by atoms with Crippen LogP contribution in [-0.2, 0) is 0 Å². The van der Waals surface area contributed by atoms with Gasteiger partial charge in [0.25, 0.3) is 0 Å². The molecular weight excluding hydrogens is 138 g/mol. The van der Waals surface area contributed by atoms with Crippen LogP contribution in [0.2, 0.25) is 0 Å². The van der Waals surface area contributed by atoms with Gasteiger partial charge in [0, 0.05) is 13.1 Å². The van der Waals surface area contributed by atoms with Crippen LogP contribution in [-0.4, -0.2) is 23.4 Å². The third kappa shape index (κ3) is 2.80. The standard InChI is InChI=1S/C9H19NO/c1-8(2)9-5-3-4-6-10(11)7-9/h8-9,11H,3-7H2,1-2H3. The molecule has 1 saturated heterocycles. The fourth-order valence-electron chi connectivity index (χ4n) is 1.70. The summed E-state index contributed by atoms with van der Waals surface area (Å²) in [5.74, 6) is 1.41. The van der Waals surface area contributed by atoms with Crippen molar-refractivity contribution in [1.82, 2.24) is 5.06 Å². The molecule has 0 spiro atoms. The quantitative estimate of drug-likeness (QED) is 0.630. The summed E-state index contributed by atoms with van der Waals surface area (Å²) in [4.78, 5) is 0. The van der Waals surface area contributed by atoms with Crippen molar-refractivity contribution in [3.8, 4) is 0 Å². The van der Waals surface area contributed by atoms with Crippen LogP contribution in [0, 0.1) is 11.8 Å². The molecule has 1 aliphatic rings. The second-order valence-corrected chi connectivity index (χ2v) is 3.91. The number of nitrogens with zero attached hydrogens (tertiary/aromatic N) is 1. The van der Waals surface area contributed by atoms with Crippen molar-refractivity contribution in [3.63, 3.8) is 0 Å². The summed E-state index contributed by atoms with van der Waals surface area (Å²) in [6, 6.07) is 0. The number of hydrogen-bond donors (Lipinski definition) is 1. The Labute approximate surface area is 69.2 Å². The monoisotopic (exact) mass is 157 g/mol. The normalized spacial score (nSPS) is 28.9. The van der Waals surface area contributed by atoms with E-state index in [0.29, 0.717) is 11.8 Å². The Bertz CT molecular complexity index is 114. The lowest BCUT2D eigenvalue weighted by atomic mass is 9.92. The molecule has 1 rings (SSSR count). The fourth-order valence-corrected chi connectivity index (χ4v) is 1.70. The van der Waals surface area contributed by atoms with Crippen molar-refractivity contribution in [2.45, 2.75) is 33.1 Å². The van der Waals surface area contributed by atoms with E-state index in [4.69, 9.17) is 0 Å². The summed E-state index contributed by atoms with van der Waals surface area (Å²) >= 11 is 0. The molecule has 1 fully saturated rings. The second-order valence-electron chi connectivity index (χ2n) is 3.91. The Kier molecular flexibility index (Phi) is 3.34. The Hall–Kier alpha value is -0.0800. The lowest BCUT2D eigenvalue weighted by Gasteiger charge is -2.21. The Morgan fingerprint density at radius 3 is 2.73 bits per heavy atom. The van der Waals surface area contributed by atoms with E-state index < -0.39 is 0 Å². The Morgan fingerprint density at radius 1 is 1.36 bits per heavy atom. The lowest BCUT2D eigenvalue weighted by Crippen LogP contribution is -2.27. The first-order valence-electron chi connectivity index (χ1n) is 4.64. The van der Waals surface area contributed by atoms with Gasteiger partial charge in [-0.15, -0.1) is 0 Å². The summed E-state index contributed by atoms with van der Waals surface area (Å²) in [5, 5.41) is 10.8. The molecule has 2 heteroatoms. The minimum absolute atomic E-state index is 0.697. The minimum Gasteiger partial charge on any atom is -0.314 e. The van der Waals surface area contributed by atoms with Crippen LogP contribution < -0.4 is 0 Å². The van der Waals surface area contributed by atoms with E-state index in [1.54, 1.807) is 0 Å². The van der Waals surface area contributed by atoms with E-state index in [1.165, 1.54) is 17.9 Å². The van der Waals surface area contributed by atoms with E-state index in [2.05, 4.69) is 13.8 Å². The number of hydroxylamine groups is 2. The zero-order valence-corrected chi connectivity index (χ0v) is 7.58. The average molecular weight is 157 g/mol. The molecule has 0 aromatic heterocycles. The highest BCUT2D eigenvalue weighted by Crippen LogP contribution is 2.21. The van der Waals surface area contributed by atoms with Gasteiger partial charge in [-0.1, -0.05) is 20.3 Å². The molecule has 0 bridgehead atoms. The summed E-state index contributed by atoms with van der Waals surface area (Å²) < 4.78 is 0. The summed E-state index contributed by atoms with van der Waals surface area (Å²) in [7, 11) is 0. The molecule has 0 aromatic carbocycles. The van der Waals surface area contributed by atoms with E-state index in [1.807, 2.05) is 0 Å². The molecule has 1 N–H and O–H groups in total. The summed E-state index contributed by atoms with van der Waals surface area (Å²) in [5.41, 5.74) is 0. The first kappa shape index (κ1) is 9.01. The summed E-state index contributed by atoms with van der Waals surface area (Å²) in [6.07, 6.45) is 3.72. The largest absolute Gasteiger partial charge is 0.314 e. The van der Waals surface area contributed by atoms with Crippen LogP contribution in [0.3, 0.4) is 0 Å². The Morgan fingerprint density at radius 2 is 2.09 bits per heavy atom. The fraction of sp³-hybridized carbons (Fsp3) is 1.00. The van der Waals surface area contributed by atoms with E-state index in [9.17, 15) is 5.21 Å². The van der Waals surface area contributed by atoms with Gasteiger partial charge in [0.1, 0.15) is 0 Å². The van der Waals surface area contributed by atoms with Gasteiger partial charge in [-0.05, 0) is 24.7 Å². The van der Waals surface area contributed by atoms with Gasteiger partial charge in [0.05, 0.1) is 0 Å². The maximum Gasteiger partial charge on any atom is 0.0268 e. The van der Waals surface area contributed by atoms with Gasteiger partial charge < -0.3 is 5.21 Å². The zero-order valence-electron chi connectivity index (χ0n) is 7.58. The van der Waals surface area contributed by atoms with Gasteiger partial charge in [-0.2, -0.15) is 5.06 Å². The molecular formula is C9H19NO. The van der Waals surface area contributed by atoms with Gasteiger partial charge in [0.15, 0.2) is 0 Å². The molecule has 1 heterocycles. The highest BCUT2D eigenvalue weighted by Gasteiger charge is 2.18. The Balaban J connectivity index is 2.39. The molecule has 0 aliphatic carbocycles. The van der Waals surface area contributed by atoms with Gasteiger partial charge in [0.2, 0.25) is 0 Å².